The van der Waals surface area contributed by atoms with Crippen molar-refractivity contribution in [1.29, 1.82) is 0 Å². The number of rotatable bonds is 6. The van der Waals surface area contributed by atoms with E-state index in [0.29, 0.717) is 29.8 Å². The third-order valence-corrected chi connectivity index (χ3v) is 5.80. The van der Waals surface area contributed by atoms with Gasteiger partial charge < -0.3 is 10.6 Å². The summed E-state index contributed by atoms with van der Waals surface area (Å²) < 4.78 is 15.1. The largest absolute Gasteiger partial charge is 0.361 e. The van der Waals surface area contributed by atoms with Crippen LogP contribution in [0, 0.1) is 19.3 Å². The number of anilines is 1. The van der Waals surface area contributed by atoms with E-state index < -0.39 is 6.04 Å². The summed E-state index contributed by atoms with van der Waals surface area (Å²) in [5, 5.41) is 5.96. The molecule has 0 aliphatic carbocycles. The van der Waals surface area contributed by atoms with Gasteiger partial charge in [0.15, 0.2) is 11.5 Å². The maximum absolute atomic E-state index is 13.7. The van der Waals surface area contributed by atoms with Gasteiger partial charge in [0.05, 0.1) is 12.6 Å². The Kier molecular flexibility index (Phi) is 6.22. The molecule has 2 heterocycles. The van der Waals surface area contributed by atoms with Crippen LogP contribution >= 0.6 is 0 Å². The van der Waals surface area contributed by atoms with E-state index >= 15 is 0 Å². The SMILES string of the molecule is [C-]#[N+]c1ccc([C@@H](C)NC(=O)[C@@H]2CCc3cnc(NCc4cc(C)cc(F)c4)c(=O)n32)cc1. The van der Waals surface area contributed by atoms with Crippen molar-refractivity contribution in [3.63, 3.8) is 0 Å². The topological polar surface area (TPSA) is 80.4 Å². The molecule has 1 aliphatic heterocycles. The fraction of sp³-hybridized carbons (Fsp3) is 0.280. The van der Waals surface area contributed by atoms with Gasteiger partial charge in [-0.15, -0.1) is 0 Å². The van der Waals surface area contributed by atoms with E-state index in [2.05, 4.69) is 20.5 Å². The Labute approximate surface area is 191 Å². The van der Waals surface area contributed by atoms with Crippen molar-refractivity contribution in [3.05, 3.63) is 98.6 Å². The molecule has 1 aliphatic rings. The summed E-state index contributed by atoms with van der Waals surface area (Å²) in [5.74, 6) is -0.446. The fourth-order valence-electron chi connectivity index (χ4n) is 4.14. The van der Waals surface area contributed by atoms with Crippen LogP contribution in [0.5, 0.6) is 0 Å². The molecule has 4 rings (SSSR count). The predicted octanol–water partition coefficient (Wildman–Crippen LogP) is 4.22. The number of aromatic nitrogens is 2. The van der Waals surface area contributed by atoms with Gasteiger partial charge in [0, 0.05) is 18.4 Å². The predicted molar refractivity (Wildman–Crippen MR) is 124 cm³/mol. The van der Waals surface area contributed by atoms with Gasteiger partial charge in [-0.3, -0.25) is 14.2 Å². The Hall–Kier alpha value is -3.99. The molecule has 168 valence electrons. The average molecular weight is 445 g/mol. The number of benzene rings is 2. The Bertz CT molecular complexity index is 1270. The molecular formula is C25H24FN5O2. The second-order valence-corrected chi connectivity index (χ2v) is 8.25. The molecule has 0 spiro atoms. The van der Waals surface area contributed by atoms with Gasteiger partial charge in [0.1, 0.15) is 11.9 Å². The van der Waals surface area contributed by atoms with Gasteiger partial charge in [-0.2, -0.15) is 0 Å². The molecule has 0 saturated heterocycles. The fourth-order valence-corrected chi connectivity index (χ4v) is 4.14. The van der Waals surface area contributed by atoms with Crippen LogP contribution in [0.4, 0.5) is 15.9 Å². The molecule has 8 heteroatoms. The monoisotopic (exact) mass is 445 g/mol. The second-order valence-electron chi connectivity index (χ2n) is 8.25. The maximum Gasteiger partial charge on any atom is 0.294 e. The summed E-state index contributed by atoms with van der Waals surface area (Å²) in [6.45, 7) is 11.0. The molecule has 0 radical (unpaired) electrons. The van der Waals surface area contributed by atoms with Crippen molar-refractivity contribution in [2.75, 3.05) is 5.32 Å². The smallest absolute Gasteiger partial charge is 0.294 e. The van der Waals surface area contributed by atoms with E-state index in [1.807, 2.05) is 25.1 Å². The van der Waals surface area contributed by atoms with E-state index in [9.17, 15) is 14.0 Å². The van der Waals surface area contributed by atoms with Gasteiger partial charge in [0.2, 0.25) is 5.91 Å². The van der Waals surface area contributed by atoms with E-state index in [4.69, 9.17) is 6.57 Å². The minimum absolute atomic E-state index is 0.128. The molecule has 2 aromatic carbocycles. The lowest BCUT2D eigenvalue weighted by Gasteiger charge is -2.20. The lowest BCUT2D eigenvalue weighted by molar-refractivity contribution is -0.124. The number of halogens is 1. The van der Waals surface area contributed by atoms with Crippen molar-refractivity contribution in [2.24, 2.45) is 0 Å². The van der Waals surface area contributed by atoms with E-state index in [1.54, 1.807) is 25.3 Å². The molecule has 3 aromatic rings. The quantitative estimate of drug-likeness (QED) is 0.557. The summed E-state index contributed by atoms with van der Waals surface area (Å²) in [6, 6.07) is 10.8. The van der Waals surface area contributed by atoms with Crippen LogP contribution in [-0.2, 0) is 17.8 Å². The van der Waals surface area contributed by atoms with Crippen molar-refractivity contribution >= 4 is 17.4 Å². The molecule has 1 amide bonds. The van der Waals surface area contributed by atoms with E-state index in [1.165, 1.54) is 16.7 Å². The lowest BCUT2D eigenvalue weighted by atomic mass is 10.1. The first-order chi connectivity index (χ1) is 15.9. The van der Waals surface area contributed by atoms with Crippen LogP contribution in [0.15, 0.2) is 53.5 Å². The Morgan fingerprint density at radius 1 is 1.30 bits per heavy atom. The molecule has 0 fully saturated rings. The number of carbonyl (C=O) groups excluding carboxylic acids is 1. The van der Waals surface area contributed by atoms with Crippen molar-refractivity contribution < 1.29 is 9.18 Å². The van der Waals surface area contributed by atoms with Crippen LogP contribution in [-0.4, -0.2) is 15.5 Å². The van der Waals surface area contributed by atoms with Gasteiger partial charge in [-0.1, -0.05) is 30.3 Å². The summed E-state index contributed by atoms with van der Waals surface area (Å²) in [5.41, 5.74) is 3.25. The Morgan fingerprint density at radius 3 is 2.76 bits per heavy atom. The van der Waals surface area contributed by atoms with E-state index in [-0.39, 0.29) is 35.7 Å². The van der Waals surface area contributed by atoms with Crippen LogP contribution in [0.1, 0.15) is 47.8 Å². The van der Waals surface area contributed by atoms with Crippen LogP contribution in [0.2, 0.25) is 0 Å². The Morgan fingerprint density at radius 2 is 2.06 bits per heavy atom. The molecule has 7 nitrogen and oxygen atoms in total. The maximum atomic E-state index is 13.7. The van der Waals surface area contributed by atoms with Crippen molar-refractivity contribution in [3.8, 4) is 0 Å². The number of nitrogens with one attached hydrogen (secondary N) is 2. The van der Waals surface area contributed by atoms with Crippen LogP contribution in [0.3, 0.4) is 0 Å². The minimum atomic E-state index is -0.627. The highest BCUT2D eigenvalue weighted by molar-refractivity contribution is 5.81. The first-order valence-electron chi connectivity index (χ1n) is 10.7. The van der Waals surface area contributed by atoms with Gasteiger partial charge in [-0.25, -0.2) is 14.2 Å². The molecule has 0 unspecified atom stereocenters. The number of amides is 1. The molecule has 1 aromatic heterocycles. The van der Waals surface area contributed by atoms with Crippen molar-refractivity contribution in [2.45, 2.75) is 45.3 Å². The van der Waals surface area contributed by atoms with Gasteiger partial charge >= 0.3 is 0 Å². The third-order valence-electron chi connectivity index (χ3n) is 5.80. The highest BCUT2D eigenvalue weighted by atomic mass is 19.1. The lowest BCUT2D eigenvalue weighted by Crippen LogP contribution is -2.37. The summed E-state index contributed by atoms with van der Waals surface area (Å²) in [6.07, 6.45) is 2.71. The van der Waals surface area contributed by atoms with E-state index in [0.717, 1.165) is 11.1 Å². The minimum Gasteiger partial charge on any atom is -0.361 e. The van der Waals surface area contributed by atoms with Crippen LogP contribution in [0.25, 0.3) is 4.85 Å². The standard InChI is InChI=1S/C25H24FN5O2/c1-15-10-17(12-19(26)11-15)13-28-23-25(33)31-21(14-29-23)8-9-22(31)24(32)30-16(2)18-4-6-20(27-3)7-5-18/h4-7,10-12,14,16,22H,8-9,13H2,1-2H3,(H,28,29)(H,30,32)/t16-,22+/m1/s1. The number of fused-ring (bicyclic) bond motifs is 1. The van der Waals surface area contributed by atoms with Gasteiger partial charge in [0.25, 0.3) is 5.56 Å². The highest BCUT2D eigenvalue weighted by Gasteiger charge is 2.31. The zero-order valence-corrected chi connectivity index (χ0v) is 18.4. The molecule has 2 N–H and O–H groups in total. The molecule has 33 heavy (non-hydrogen) atoms. The first kappa shape index (κ1) is 22.2. The summed E-state index contributed by atoms with van der Waals surface area (Å²) in [7, 11) is 0. The number of hydrogen-bond acceptors (Lipinski definition) is 4. The second kappa shape index (κ2) is 9.25. The normalized spacial score (nSPS) is 15.4. The summed E-state index contributed by atoms with van der Waals surface area (Å²) >= 11 is 0. The Balaban J connectivity index is 1.50. The summed E-state index contributed by atoms with van der Waals surface area (Å²) in [4.78, 5) is 33.8. The first-order valence-corrected chi connectivity index (χ1v) is 10.7. The molecule has 0 bridgehead atoms. The third kappa shape index (κ3) is 4.77. The molecular weight excluding hydrogens is 421 g/mol. The zero-order chi connectivity index (χ0) is 23.5. The zero-order valence-electron chi connectivity index (χ0n) is 18.4. The van der Waals surface area contributed by atoms with Crippen molar-refractivity contribution in [1.82, 2.24) is 14.9 Å². The number of aryl methyl sites for hydroxylation is 2. The molecule has 2 atom stereocenters. The number of carbonyl (C=O) groups is 1. The van der Waals surface area contributed by atoms with Crippen LogP contribution < -0.4 is 16.2 Å². The number of hydrogen-bond donors (Lipinski definition) is 2. The average Bonchev–Trinajstić information content (AvgIpc) is 3.23. The molecule has 0 saturated carbocycles. The van der Waals surface area contributed by atoms with Gasteiger partial charge in [-0.05, 0) is 55.5 Å². The highest BCUT2D eigenvalue weighted by Crippen LogP contribution is 2.26. The number of nitrogens with zero attached hydrogens (tertiary/aromatic N) is 3.